The zero-order valence-electron chi connectivity index (χ0n) is 12.1. The van der Waals surface area contributed by atoms with Crippen molar-refractivity contribution in [3.05, 3.63) is 23.7 Å². The number of ether oxygens (including phenoxy) is 1. The molecule has 0 saturated carbocycles. The lowest BCUT2D eigenvalue weighted by Gasteiger charge is -2.28. The summed E-state index contributed by atoms with van der Waals surface area (Å²) >= 11 is 1.33. The van der Waals surface area contributed by atoms with Crippen molar-refractivity contribution in [2.75, 3.05) is 13.7 Å². The van der Waals surface area contributed by atoms with Crippen LogP contribution in [-0.2, 0) is 19.6 Å². The average molecular weight is 344 g/mol. The van der Waals surface area contributed by atoms with Crippen LogP contribution in [0.3, 0.4) is 0 Å². The first kappa shape index (κ1) is 16.8. The molecule has 1 unspecified atom stereocenters. The molecular formula is C13H16N2O5S2. The van der Waals surface area contributed by atoms with E-state index in [-0.39, 0.29) is 11.5 Å². The van der Waals surface area contributed by atoms with Gasteiger partial charge >= 0.3 is 5.97 Å². The first-order valence-corrected chi connectivity index (χ1v) is 8.71. The van der Waals surface area contributed by atoms with Crippen molar-refractivity contribution in [3.63, 3.8) is 0 Å². The Hall–Kier alpha value is -1.55. The van der Waals surface area contributed by atoms with Crippen LogP contribution < -0.4 is 4.72 Å². The number of carboxylic acid groups (broad SMARTS) is 1. The van der Waals surface area contributed by atoms with E-state index in [2.05, 4.69) is 9.71 Å². The summed E-state index contributed by atoms with van der Waals surface area (Å²) in [4.78, 5) is 15.1. The number of para-hydroxylation sites is 1. The molecule has 0 saturated heterocycles. The largest absolute Gasteiger partial charge is 0.481 e. The Morgan fingerprint density at radius 1 is 1.50 bits per heavy atom. The number of fused-ring (bicyclic) bond motifs is 1. The van der Waals surface area contributed by atoms with Crippen LogP contribution in [0, 0.1) is 0 Å². The number of nitrogens with one attached hydrogen (secondary N) is 1. The van der Waals surface area contributed by atoms with Crippen LogP contribution in [0.5, 0.6) is 0 Å². The van der Waals surface area contributed by atoms with Gasteiger partial charge in [-0.2, -0.15) is 0 Å². The second-order valence-corrected chi connectivity index (χ2v) is 7.66. The summed E-state index contributed by atoms with van der Waals surface area (Å²) in [6.07, 6.45) is -0.396. The summed E-state index contributed by atoms with van der Waals surface area (Å²) in [7, 11) is -2.55. The van der Waals surface area contributed by atoms with Gasteiger partial charge in [0.15, 0.2) is 0 Å². The van der Waals surface area contributed by atoms with E-state index in [1.165, 1.54) is 31.4 Å². The number of hydrogen-bond acceptors (Lipinski definition) is 6. The Bertz CT molecular complexity index is 787. The minimum atomic E-state index is -3.93. The summed E-state index contributed by atoms with van der Waals surface area (Å²) in [5, 5.41) is 8.98. The maximum atomic E-state index is 12.6. The van der Waals surface area contributed by atoms with Crippen LogP contribution in [0.2, 0.25) is 0 Å². The van der Waals surface area contributed by atoms with Gasteiger partial charge in [-0.15, -0.1) is 11.3 Å². The second kappa shape index (κ2) is 6.29. The number of thiazole rings is 1. The first-order chi connectivity index (χ1) is 10.3. The predicted octanol–water partition coefficient (Wildman–Crippen LogP) is 1.45. The molecule has 0 aliphatic heterocycles. The highest BCUT2D eigenvalue weighted by atomic mass is 32.2. The summed E-state index contributed by atoms with van der Waals surface area (Å²) in [6, 6.07) is 4.84. The van der Waals surface area contributed by atoms with Gasteiger partial charge in [0.2, 0.25) is 10.0 Å². The molecule has 1 aromatic heterocycles. The van der Waals surface area contributed by atoms with E-state index in [1.54, 1.807) is 17.6 Å². The normalized spacial score (nSPS) is 14.8. The molecule has 9 heteroatoms. The number of sulfonamides is 1. The van der Waals surface area contributed by atoms with Gasteiger partial charge in [0, 0.05) is 7.11 Å². The Balaban J connectivity index is 2.41. The predicted molar refractivity (Wildman–Crippen MR) is 82.5 cm³/mol. The van der Waals surface area contributed by atoms with Gasteiger partial charge in [-0.25, -0.2) is 18.1 Å². The highest BCUT2D eigenvalue weighted by molar-refractivity contribution is 7.89. The number of carbonyl (C=O) groups is 1. The molecule has 120 valence electrons. The average Bonchev–Trinajstić information content (AvgIpc) is 2.84. The van der Waals surface area contributed by atoms with E-state index >= 15 is 0 Å². The van der Waals surface area contributed by atoms with Gasteiger partial charge < -0.3 is 9.84 Å². The Morgan fingerprint density at radius 3 is 2.86 bits per heavy atom. The molecule has 0 bridgehead atoms. The van der Waals surface area contributed by atoms with Gasteiger partial charge in [-0.3, -0.25) is 4.79 Å². The van der Waals surface area contributed by atoms with Crippen LogP contribution in [0.4, 0.5) is 0 Å². The summed E-state index contributed by atoms with van der Waals surface area (Å²) in [6.45, 7) is 1.43. The molecule has 2 N–H and O–H groups in total. The van der Waals surface area contributed by atoms with Crippen molar-refractivity contribution in [2.45, 2.75) is 23.8 Å². The number of carboxylic acids is 1. The van der Waals surface area contributed by atoms with Crippen molar-refractivity contribution in [3.8, 4) is 0 Å². The molecule has 1 atom stereocenters. The summed E-state index contributed by atoms with van der Waals surface area (Å²) in [5.74, 6) is -1.12. The molecule has 0 aliphatic rings. The van der Waals surface area contributed by atoms with Crippen molar-refractivity contribution in [2.24, 2.45) is 0 Å². The van der Waals surface area contributed by atoms with Gasteiger partial charge in [-0.05, 0) is 19.1 Å². The van der Waals surface area contributed by atoms with Gasteiger partial charge in [0.1, 0.15) is 10.4 Å². The monoisotopic (exact) mass is 344 g/mol. The lowest BCUT2D eigenvalue weighted by Crippen LogP contribution is -2.50. The fraction of sp³-hybridized carbons (Fsp3) is 0.385. The van der Waals surface area contributed by atoms with Gasteiger partial charge in [0.25, 0.3) is 0 Å². The van der Waals surface area contributed by atoms with E-state index in [4.69, 9.17) is 9.84 Å². The maximum Gasteiger partial charge on any atom is 0.305 e. The molecule has 2 rings (SSSR count). The Labute approximate surface area is 132 Å². The zero-order valence-corrected chi connectivity index (χ0v) is 13.7. The molecule has 7 nitrogen and oxygen atoms in total. The third-order valence-electron chi connectivity index (χ3n) is 3.00. The molecule has 22 heavy (non-hydrogen) atoms. The lowest BCUT2D eigenvalue weighted by atomic mass is 10.0. The number of rotatable bonds is 7. The number of methoxy groups -OCH3 is 1. The number of aliphatic carboxylic acids is 1. The zero-order chi connectivity index (χ0) is 16.4. The summed E-state index contributed by atoms with van der Waals surface area (Å²) < 4.78 is 33.4. The lowest BCUT2D eigenvalue weighted by molar-refractivity contribution is -0.138. The third kappa shape index (κ3) is 3.61. The van der Waals surface area contributed by atoms with Crippen LogP contribution in [0.1, 0.15) is 13.3 Å². The molecule has 0 spiro atoms. The molecule has 0 radical (unpaired) electrons. The molecule has 1 heterocycles. The molecular weight excluding hydrogens is 328 g/mol. The number of benzene rings is 1. The van der Waals surface area contributed by atoms with Crippen LogP contribution in [0.15, 0.2) is 28.6 Å². The smallest absolute Gasteiger partial charge is 0.305 e. The molecule has 0 fully saturated rings. The van der Waals surface area contributed by atoms with E-state index in [0.29, 0.717) is 5.52 Å². The molecule has 0 amide bonds. The van der Waals surface area contributed by atoms with Gasteiger partial charge in [-0.1, -0.05) is 6.07 Å². The quantitative estimate of drug-likeness (QED) is 0.787. The third-order valence-corrected chi connectivity index (χ3v) is 5.46. The number of hydrogen-bond donors (Lipinski definition) is 2. The fourth-order valence-corrected chi connectivity index (χ4v) is 4.56. The maximum absolute atomic E-state index is 12.6. The molecule has 1 aromatic carbocycles. The highest BCUT2D eigenvalue weighted by Crippen LogP contribution is 2.26. The fourth-order valence-electron chi connectivity index (χ4n) is 2.23. The number of aromatic nitrogens is 1. The highest BCUT2D eigenvalue weighted by Gasteiger charge is 2.34. The van der Waals surface area contributed by atoms with E-state index in [9.17, 15) is 13.2 Å². The van der Waals surface area contributed by atoms with Crippen LogP contribution >= 0.6 is 11.3 Å². The van der Waals surface area contributed by atoms with Crippen molar-refractivity contribution >= 4 is 37.5 Å². The van der Waals surface area contributed by atoms with Crippen LogP contribution in [0.25, 0.3) is 10.2 Å². The Morgan fingerprint density at radius 2 is 2.23 bits per heavy atom. The standard InChI is InChI=1S/C13H16N2O5S2/c1-13(7-20-2,6-11(16)17)15-22(18,19)10-5-3-4-9-12(10)14-8-21-9/h3-5,8,15H,6-7H2,1-2H3,(H,16,17). The van der Waals surface area contributed by atoms with Crippen molar-refractivity contribution < 1.29 is 23.1 Å². The summed E-state index contributed by atoms with van der Waals surface area (Å²) in [5.41, 5.74) is 0.683. The second-order valence-electron chi connectivity index (χ2n) is 5.12. The molecule has 0 aliphatic carbocycles. The van der Waals surface area contributed by atoms with Gasteiger partial charge in [0.05, 0.1) is 28.8 Å². The van der Waals surface area contributed by atoms with E-state index < -0.39 is 28.0 Å². The number of nitrogens with zero attached hydrogens (tertiary/aromatic N) is 1. The molecule has 2 aromatic rings. The van der Waals surface area contributed by atoms with E-state index in [1.807, 2.05) is 0 Å². The minimum absolute atomic E-state index is 0.0268. The minimum Gasteiger partial charge on any atom is -0.481 e. The first-order valence-electron chi connectivity index (χ1n) is 6.34. The topological polar surface area (TPSA) is 106 Å². The van der Waals surface area contributed by atoms with Crippen molar-refractivity contribution in [1.29, 1.82) is 0 Å². The van der Waals surface area contributed by atoms with Crippen LogP contribution in [-0.4, -0.2) is 43.7 Å². The SMILES string of the molecule is COCC(C)(CC(=O)O)NS(=O)(=O)c1cccc2scnc12. The van der Waals surface area contributed by atoms with E-state index in [0.717, 1.165) is 4.70 Å². The van der Waals surface area contributed by atoms with Crippen molar-refractivity contribution in [1.82, 2.24) is 9.71 Å². The Kier molecular flexibility index (Phi) is 4.81.